The first kappa shape index (κ1) is 15.5. The van der Waals surface area contributed by atoms with Crippen LogP contribution < -0.4 is 10.5 Å². The molecule has 0 aliphatic carbocycles. The Morgan fingerprint density at radius 1 is 1.42 bits per heavy atom. The van der Waals surface area contributed by atoms with E-state index >= 15 is 0 Å². The van der Waals surface area contributed by atoms with Crippen LogP contribution in [0.5, 0.6) is 5.75 Å². The van der Waals surface area contributed by atoms with Gasteiger partial charge in [-0.05, 0) is 38.1 Å². The normalized spacial score (nSPS) is 12.4. The van der Waals surface area contributed by atoms with E-state index in [1.165, 1.54) is 5.56 Å². The molecule has 0 spiro atoms. The van der Waals surface area contributed by atoms with Crippen molar-refractivity contribution in [3.63, 3.8) is 0 Å². The zero-order valence-corrected chi connectivity index (χ0v) is 11.5. The lowest BCUT2D eigenvalue weighted by Gasteiger charge is -2.18. The van der Waals surface area contributed by atoms with Crippen LogP contribution in [0.25, 0.3) is 0 Å². The monoisotopic (exact) mass is 266 g/mol. The highest BCUT2D eigenvalue weighted by Gasteiger charge is 2.13. The lowest BCUT2D eigenvalue weighted by atomic mass is 10.1. The summed E-state index contributed by atoms with van der Waals surface area (Å²) >= 11 is 0. The minimum atomic E-state index is -0.965. The van der Waals surface area contributed by atoms with Gasteiger partial charge in [0.15, 0.2) is 0 Å². The number of nitrogens with two attached hydrogens (primary N) is 1. The van der Waals surface area contributed by atoms with E-state index in [0.717, 1.165) is 18.7 Å². The molecule has 3 N–H and O–H groups in total. The van der Waals surface area contributed by atoms with E-state index in [1.54, 1.807) is 0 Å². The van der Waals surface area contributed by atoms with Gasteiger partial charge < -0.3 is 20.5 Å². The Labute approximate surface area is 114 Å². The van der Waals surface area contributed by atoms with E-state index in [4.69, 9.17) is 15.6 Å². The summed E-state index contributed by atoms with van der Waals surface area (Å²) in [4.78, 5) is 12.6. The number of nitrogens with zero attached hydrogens (tertiary/aromatic N) is 1. The Morgan fingerprint density at radius 2 is 2.05 bits per heavy atom. The smallest absolute Gasteiger partial charge is 0.321 e. The predicted octanol–water partition coefficient (Wildman–Crippen LogP) is 0.972. The first-order valence-electron chi connectivity index (χ1n) is 6.41. The van der Waals surface area contributed by atoms with Gasteiger partial charge in [0.2, 0.25) is 0 Å². The number of carboxylic acids is 1. The fourth-order valence-electron chi connectivity index (χ4n) is 1.74. The highest BCUT2D eigenvalue weighted by Crippen LogP contribution is 2.12. The van der Waals surface area contributed by atoms with Crippen molar-refractivity contribution in [1.29, 1.82) is 0 Å². The SMILES string of the molecule is CCOc1ccc(CCN(C)CC(N)C(=O)O)cc1. The summed E-state index contributed by atoms with van der Waals surface area (Å²) in [6, 6.07) is 7.11. The van der Waals surface area contributed by atoms with E-state index < -0.39 is 12.0 Å². The molecule has 0 aliphatic heterocycles. The Balaban J connectivity index is 2.37. The number of aliphatic carboxylic acids is 1. The van der Waals surface area contributed by atoms with Gasteiger partial charge in [-0.15, -0.1) is 0 Å². The second-order valence-electron chi connectivity index (χ2n) is 4.53. The van der Waals surface area contributed by atoms with E-state index in [-0.39, 0.29) is 0 Å². The lowest BCUT2D eigenvalue weighted by Crippen LogP contribution is -2.41. The summed E-state index contributed by atoms with van der Waals surface area (Å²) < 4.78 is 5.37. The van der Waals surface area contributed by atoms with Crippen molar-refractivity contribution in [1.82, 2.24) is 4.90 Å². The fraction of sp³-hybridized carbons (Fsp3) is 0.500. The number of benzene rings is 1. The molecule has 19 heavy (non-hydrogen) atoms. The minimum absolute atomic E-state index is 0.354. The fourth-order valence-corrected chi connectivity index (χ4v) is 1.74. The van der Waals surface area contributed by atoms with E-state index in [1.807, 2.05) is 43.1 Å². The minimum Gasteiger partial charge on any atom is -0.494 e. The molecule has 0 bridgehead atoms. The molecule has 1 aromatic carbocycles. The van der Waals surface area contributed by atoms with Crippen LogP contribution in [0.4, 0.5) is 0 Å². The zero-order valence-electron chi connectivity index (χ0n) is 11.5. The van der Waals surface area contributed by atoms with E-state index in [2.05, 4.69) is 0 Å². The molecule has 1 atom stereocenters. The van der Waals surface area contributed by atoms with Crippen LogP contribution in [0, 0.1) is 0 Å². The molecular weight excluding hydrogens is 244 g/mol. The molecule has 106 valence electrons. The van der Waals surface area contributed by atoms with E-state index in [0.29, 0.717) is 13.2 Å². The van der Waals surface area contributed by atoms with Gasteiger partial charge >= 0.3 is 5.97 Å². The largest absolute Gasteiger partial charge is 0.494 e. The maximum Gasteiger partial charge on any atom is 0.321 e. The van der Waals surface area contributed by atoms with Crippen LogP contribution >= 0.6 is 0 Å². The number of carboxylic acid groups (broad SMARTS) is 1. The average molecular weight is 266 g/mol. The van der Waals surface area contributed by atoms with Crippen LogP contribution in [0.15, 0.2) is 24.3 Å². The van der Waals surface area contributed by atoms with Crippen LogP contribution in [0.2, 0.25) is 0 Å². The molecule has 0 aliphatic rings. The van der Waals surface area contributed by atoms with Crippen molar-refractivity contribution in [3.8, 4) is 5.75 Å². The highest BCUT2D eigenvalue weighted by atomic mass is 16.5. The van der Waals surface area contributed by atoms with Gasteiger partial charge in [-0.25, -0.2) is 0 Å². The Bertz CT molecular complexity index is 392. The molecule has 0 saturated heterocycles. The maximum atomic E-state index is 10.6. The Hall–Kier alpha value is -1.59. The molecule has 0 radical (unpaired) electrons. The highest BCUT2D eigenvalue weighted by molar-refractivity contribution is 5.73. The van der Waals surface area contributed by atoms with Crippen molar-refractivity contribution >= 4 is 5.97 Å². The molecule has 1 rings (SSSR count). The topological polar surface area (TPSA) is 75.8 Å². The molecule has 5 nitrogen and oxygen atoms in total. The molecule has 0 amide bonds. The summed E-state index contributed by atoms with van der Waals surface area (Å²) in [6.45, 7) is 3.74. The first-order chi connectivity index (χ1) is 9.02. The van der Waals surface area contributed by atoms with Gasteiger partial charge in [-0.2, -0.15) is 0 Å². The standard InChI is InChI=1S/C14H22N2O3/c1-3-19-12-6-4-11(5-7-12)8-9-16(2)10-13(15)14(17)18/h4-7,13H,3,8-10,15H2,1-2H3,(H,17,18). The molecule has 1 unspecified atom stereocenters. The predicted molar refractivity (Wildman–Crippen MR) is 74.4 cm³/mol. The molecule has 0 saturated carbocycles. The third-order valence-electron chi connectivity index (χ3n) is 2.84. The molecular formula is C14H22N2O3. The maximum absolute atomic E-state index is 10.6. The third-order valence-corrected chi connectivity index (χ3v) is 2.84. The second-order valence-corrected chi connectivity index (χ2v) is 4.53. The lowest BCUT2D eigenvalue weighted by molar-refractivity contribution is -0.138. The van der Waals surface area contributed by atoms with Gasteiger partial charge in [-0.1, -0.05) is 12.1 Å². The first-order valence-corrected chi connectivity index (χ1v) is 6.41. The summed E-state index contributed by atoms with van der Waals surface area (Å²) in [5.41, 5.74) is 6.68. The van der Waals surface area contributed by atoms with Crippen LogP contribution in [-0.4, -0.2) is 48.8 Å². The van der Waals surface area contributed by atoms with Crippen molar-refractivity contribution in [2.45, 2.75) is 19.4 Å². The summed E-state index contributed by atoms with van der Waals surface area (Å²) in [5, 5.41) is 8.73. The molecule has 1 aromatic rings. The van der Waals surface area contributed by atoms with Gasteiger partial charge in [0.1, 0.15) is 11.8 Å². The van der Waals surface area contributed by atoms with Crippen molar-refractivity contribution in [2.75, 3.05) is 26.7 Å². The number of ether oxygens (including phenoxy) is 1. The van der Waals surface area contributed by atoms with Gasteiger partial charge in [0.25, 0.3) is 0 Å². The van der Waals surface area contributed by atoms with Crippen molar-refractivity contribution < 1.29 is 14.6 Å². The summed E-state index contributed by atoms with van der Waals surface area (Å²) in [5.74, 6) is -0.0968. The summed E-state index contributed by atoms with van der Waals surface area (Å²) in [7, 11) is 1.87. The average Bonchev–Trinajstić information content (AvgIpc) is 2.38. The quantitative estimate of drug-likeness (QED) is 0.733. The Kier molecular flexibility index (Phi) is 6.32. The van der Waals surface area contributed by atoms with Gasteiger partial charge in [0.05, 0.1) is 6.61 Å². The molecule has 0 fully saturated rings. The third kappa shape index (κ3) is 5.72. The molecule has 5 heteroatoms. The Morgan fingerprint density at radius 3 is 2.58 bits per heavy atom. The van der Waals surface area contributed by atoms with Crippen LogP contribution in [-0.2, 0) is 11.2 Å². The number of rotatable bonds is 8. The van der Waals surface area contributed by atoms with Crippen molar-refractivity contribution in [2.24, 2.45) is 5.73 Å². The van der Waals surface area contributed by atoms with Crippen LogP contribution in [0.1, 0.15) is 12.5 Å². The van der Waals surface area contributed by atoms with Gasteiger partial charge in [-0.3, -0.25) is 4.79 Å². The molecule has 0 aromatic heterocycles. The number of hydrogen-bond donors (Lipinski definition) is 2. The second kappa shape index (κ2) is 7.76. The van der Waals surface area contributed by atoms with Gasteiger partial charge in [0, 0.05) is 13.1 Å². The van der Waals surface area contributed by atoms with Crippen molar-refractivity contribution in [3.05, 3.63) is 29.8 Å². The number of hydrogen-bond acceptors (Lipinski definition) is 4. The number of likely N-dealkylation sites (N-methyl/N-ethyl adjacent to an activating group) is 1. The number of carbonyl (C=O) groups is 1. The van der Waals surface area contributed by atoms with Crippen LogP contribution in [0.3, 0.4) is 0 Å². The summed E-state index contributed by atoms with van der Waals surface area (Å²) in [6.07, 6.45) is 0.856. The zero-order chi connectivity index (χ0) is 14.3. The molecule has 0 heterocycles. The van der Waals surface area contributed by atoms with E-state index in [9.17, 15) is 4.79 Å².